The van der Waals surface area contributed by atoms with Gasteiger partial charge in [0.25, 0.3) is 0 Å². The number of ketones is 1. The van der Waals surface area contributed by atoms with Crippen LogP contribution in [-0.2, 0) is 6.42 Å². The van der Waals surface area contributed by atoms with E-state index in [0.717, 1.165) is 11.1 Å². The second-order valence-corrected chi connectivity index (χ2v) is 7.67. The van der Waals surface area contributed by atoms with E-state index in [2.05, 4.69) is 31.9 Å². The summed E-state index contributed by atoms with van der Waals surface area (Å²) in [6.07, 6.45) is 0.636. The summed E-state index contributed by atoms with van der Waals surface area (Å²) in [5.41, 5.74) is 8.12. The van der Waals surface area contributed by atoms with Gasteiger partial charge in [0.1, 0.15) is 3.74 Å². The Morgan fingerprint density at radius 3 is 2.14 bits per heavy atom. The highest BCUT2D eigenvalue weighted by atomic mass is 79.9. The van der Waals surface area contributed by atoms with Gasteiger partial charge in [-0.3, -0.25) is 9.59 Å². The zero-order valence-corrected chi connectivity index (χ0v) is 14.2. The van der Waals surface area contributed by atoms with Crippen LogP contribution < -0.4 is 5.73 Å². The normalized spacial score (nSPS) is 10.6. The van der Waals surface area contributed by atoms with Crippen molar-refractivity contribution < 1.29 is 9.59 Å². The SMILES string of the molecule is NC(=O)c1cc(Cc2ccccc2)cc(C(=O)C(Br)Br)c1. The summed E-state index contributed by atoms with van der Waals surface area (Å²) in [5, 5.41) is 0. The van der Waals surface area contributed by atoms with Crippen molar-refractivity contribution in [1.82, 2.24) is 0 Å². The van der Waals surface area contributed by atoms with Crippen LogP contribution in [-0.4, -0.2) is 15.4 Å². The van der Waals surface area contributed by atoms with Gasteiger partial charge in [-0.05, 0) is 35.7 Å². The van der Waals surface area contributed by atoms with Crippen molar-refractivity contribution in [2.45, 2.75) is 10.2 Å². The Balaban J connectivity index is 2.41. The molecule has 2 aromatic rings. The van der Waals surface area contributed by atoms with Crippen LogP contribution in [0.25, 0.3) is 0 Å². The largest absolute Gasteiger partial charge is 0.366 e. The Labute approximate surface area is 139 Å². The molecule has 0 radical (unpaired) electrons. The summed E-state index contributed by atoms with van der Waals surface area (Å²) in [7, 11) is 0. The fourth-order valence-corrected chi connectivity index (χ4v) is 2.56. The van der Waals surface area contributed by atoms with E-state index in [1.165, 1.54) is 6.07 Å². The smallest absolute Gasteiger partial charge is 0.248 e. The summed E-state index contributed by atoms with van der Waals surface area (Å²) in [6, 6.07) is 14.9. The standard InChI is InChI=1S/C16H13Br2NO2/c17-15(18)14(20)12-7-11(8-13(9-12)16(19)21)6-10-4-2-1-3-5-10/h1-5,7-9,15H,6H2,(H2,19,21). The summed E-state index contributed by atoms with van der Waals surface area (Å²) in [5.74, 6) is -0.688. The van der Waals surface area contributed by atoms with Crippen molar-refractivity contribution in [2.24, 2.45) is 5.73 Å². The van der Waals surface area contributed by atoms with Crippen LogP contribution >= 0.6 is 31.9 Å². The minimum Gasteiger partial charge on any atom is -0.366 e. The molecular weight excluding hydrogens is 398 g/mol. The molecular formula is C16H13Br2NO2. The Kier molecular flexibility index (Phi) is 5.31. The number of amides is 1. The van der Waals surface area contributed by atoms with E-state index in [-0.39, 0.29) is 5.78 Å². The third-order valence-corrected chi connectivity index (χ3v) is 3.84. The van der Waals surface area contributed by atoms with Crippen molar-refractivity contribution in [3.05, 3.63) is 70.8 Å². The minimum absolute atomic E-state index is 0.146. The zero-order valence-electron chi connectivity index (χ0n) is 11.1. The maximum absolute atomic E-state index is 12.1. The van der Waals surface area contributed by atoms with E-state index in [1.807, 2.05) is 30.3 Å². The number of alkyl halides is 2. The maximum Gasteiger partial charge on any atom is 0.248 e. The fraction of sp³-hybridized carbons (Fsp3) is 0.125. The Hall–Kier alpha value is -1.46. The monoisotopic (exact) mass is 409 g/mol. The van der Waals surface area contributed by atoms with Gasteiger partial charge >= 0.3 is 0 Å². The number of carbonyl (C=O) groups excluding carboxylic acids is 2. The van der Waals surface area contributed by atoms with Crippen LogP contribution in [0.4, 0.5) is 0 Å². The first-order valence-corrected chi connectivity index (χ1v) is 8.10. The molecule has 21 heavy (non-hydrogen) atoms. The molecule has 1 amide bonds. The molecule has 5 heteroatoms. The van der Waals surface area contributed by atoms with E-state index >= 15 is 0 Å². The first-order valence-electron chi connectivity index (χ1n) is 6.27. The van der Waals surface area contributed by atoms with Crippen LogP contribution in [0, 0.1) is 0 Å². The topological polar surface area (TPSA) is 60.2 Å². The van der Waals surface area contributed by atoms with Gasteiger partial charge in [0.15, 0.2) is 5.78 Å². The van der Waals surface area contributed by atoms with Crippen LogP contribution in [0.5, 0.6) is 0 Å². The van der Waals surface area contributed by atoms with Gasteiger partial charge in [-0.25, -0.2) is 0 Å². The predicted molar refractivity (Wildman–Crippen MR) is 90.2 cm³/mol. The highest BCUT2D eigenvalue weighted by Gasteiger charge is 2.16. The van der Waals surface area contributed by atoms with E-state index in [0.29, 0.717) is 17.5 Å². The summed E-state index contributed by atoms with van der Waals surface area (Å²) < 4.78 is -0.488. The number of halogens is 2. The van der Waals surface area contributed by atoms with Crippen LogP contribution in [0.3, 0.4) is 0 Å². The molecule has 0 saturated heterocycles. The highest BCUT2D eigenvalue weighted by Crippen LogP contribution is 2.20. The number of hydrogen-bond donors (Lipinski definition) is 1. The molecule has 0 aromatic heterocycles. The van der Waals surface area contributed by atoms with Gasteiger partial charge in [0, 0.05) is 11.1 Å². The molecule has 0 aliphatic carbocycles. The van der Waals surface area contributed by atoms with Crippen molar-refractivity contribution >= 4 is 43.6 Å². The van der Waals surface area contributed by atoms with Gasteiger partial charge in [0.2, 0.25) is 5.91 Å². The molecule has 2 N–H and O–H groups in total. The molecule has 2 aromatic carbocycles. The number of Topliss-reactive ketones (excluding diaryl/α,β-unsaturated/α-hetero) is 1. The lowest BCUT2D eigenvalue weighted by Gasteiger charge is -2.09. The van der Waals surface area contributed by atoms with Gasteiger partial charge in [-0.1, -0.05) is 62.2 Å². The number of carbonyl (C=O) groups is 2. The number of rotatable bonds is 5. The predicted octanol–water partition coefficient (Wildman–Crippen LogP) is 3.67. The molecule has 0 fully saturated rings. The van der Waals surface area contributed by atoms with E-state index in [1.54, 1.807) is 12.1 Å². The molecule has 0 spiro atoms. The first-order chi connectivity index (χ1) is 9.97. The number of primary amides is 1. The number of hydrogen-bond acceptors (Lipinski definition) is 2. The fourth-order valence-electron chi connectivity index (χ4n) is 2.04. The average Bonchev–Trinajstić information content (AvgIpc) is 2.47. The lowest BCUT2D eigenvalue weighted by molar-refractivity contribution is 0.1000. The van der Waals surface area contributed by atoms with Crippen molar-refractivity contribution in [3.63, 3.8) is 0 Å². The number of nitrogens with two attached hydrogens (primary N) is 1. The van der Waals surface area contributed by atoms with E-state index < -0.39 is 9.64 Å². The third kappa shape index (κ3) is 4.25. The molecule has 108 valence electrons. The Morgan fingerprint density at radius 2 is 1.57 bits per heavy atom. The minimum atomic E-state index is -0.542. The summed E-state index contributed by atoms with van der Waals surface area (Å²) in [4.78, 5) is 23.5. The van der Waals surface area contributed by atoms with Crippen molar-refractivity contribution in [3.8, 4) is 0 Å². The highest BCUT2D eigenvalue weighted by molar-refractivity contribution is 9.25. The lowest BCUT2D eigenvalue weighted by atomic mass is 9.98. The van der Waals surface area contributed by atoms with E-state index in [4.69, 9.17) is 5.73 Å². The maximum atomic E-state index is 12.1. The zero-order chi connectivity index (χ0) is 15.4. The lowest BCUT2D eigenvalue weighted by Crippen LogP contribution is -2.14. The summed E-state index contributed by atoms with van der Waals surface area (Å²) >= 11 is 6.36. The van der Waals surface area contributed by atoms with Crippen LogP contribution in [0.2, 0.25) is 0 Å². The van der Waals surface area contributed by atoms with Crippen molar-refractivity contribution in [1.29, 1.82) is 0 Å². The van der Waals surface area contributed by atoms with E-state index in [9.17, 15) is 9.59 Å². The number of benzene rings is 2. The van der Waals surface area contributed by atoms with Gasteiger partial charge < -0.3 is 5.73 Å². The molecule has 0 atom stereocenters. The quantitative estimate of drug-likeness (QED) is 0.603. The molecule has 0 unspecified atom stereocenters. The Morgan fingerprint density at radius 1 is 0.952 bits per heavy atom. The van der Waals surface area contributed by atoms with Crippen molar-refractivity contribution in [2.75, 3.05) is 0 Å². The Bertz CT molecular complexity index is 669. The molecule has 0 bridgehead atoms. The second kappa shape index (κ2) is 7.00. The molecule has 0 aliphatic heterocycles. The first kappa shape index (κ1) is 15.9. The van der Waals surface area contributed by atoms with Gasteiger partial charge in [-0.2, -0.15) is 0 Å². The van der Waals surface area contributed by atoms with Gasteiger partial charge in [0.05, 0.1) is 0 Å². The molecule has 0 saturated carbocycles. The molecule has 0 aliphatic rings. The van der Waals surface area contributed by atoms with Crippen LogP contribution in [0.15, 0.2) is 48.5 Å². The molecule has 3 nitrogen and oxygen atoms in total. The second-order valence-electron chi connectivity index (χ2n) is 4.61. The third-order valence-electron chi connectivity index (χ3n) is 3.01. The van der Waals surface area contributed by atoms with Crippen LogP contribution in [0.1, 0.15) is 31.8 Å². The average molecular weight is 411 g/mol. The summed E-state index contributed by atoms with van der Waals surface area (Å²) in [6.45, 7) is 0. The van der Waals surface area contributed by atoms with Gasteiger partial charge in [-0.15, -0.1) is 0 Å². The molecule has 2 rings (SSSR count). The molecule has 0 heterocycles.